The van der Waals surface area contributed by atoms with E-state index >= 15 is 0 Å². The molecule has 0 bridgehead atoms. The van der Waals surface area contributed by atoms with E-state index in [9.17, 15) is 4.79 Å². The number of amides is 1. The highest BCUT2D eigenvalue weighted by Gasteiger charge is 2.46. The van der Waals surface area contributed by atoms with Gasteiger partial charge in [-0.2, -0.15) is 0 Å². The molecule has 3 fully saturated rings. The number of ether oxygens (including phenoxy) is 2. The van der Waals surface area contributed by atoms with Crippen LogP contribution in [0.2, 0.25) is 0 Å². The first kappa shape index (κ1) is 15.3. The van der Waals surface area contributed by atoms with Gasteiger partial charge in [0.15, 0.2) is 0 Å². The smallest absolute Gasteiger partial charge is 0.223 e. The predicted octanol–water partition coefficient (Wildman–Crippen LogP) is 1.13. The highest BCUT2D eigenvalue weighted by atomic mass is 16.5. The first-order valence-electron chi connectivity index (χ1n) is 8.33. The largest absolute Gasteiger partial charge is 0.383 e. The van der Waals surface area contributed by atoms with Gasteiger partial charge in [0.05, 0.1) is 13.2 Å². The molecule has 1 spiro atoms. The molecule has 3 aliphatic heterocycles. The van der Waals surface area contributed by atoms with Gasteiger partial charge in [-0.25, -0.2) is 0 Å². The normalized spacial score (nSPS) is 29.7. The van der Waals surface area contributed by atoms with E-state index in [1.165, 1.54) is 13.0 Å². The summed E-state index contributed by atoms with van der Waals surface area (Å²) in [5, 5.41) is 0. The van der Waals surface area contributed by atoms with E-state index < -0.39 is 0 Å². The summed E-state index contributed by atoms with van der Waals surface area (Å²) < 4.78 is 10.7. The van der Waals surface area contributed by atoms with Gasteiger partial charge in [0, 0.05) is 51.9 Å². The molecule has 1 unspecified atom stereocenters. The predicted molar refractivity (Wildman–Crippen MR) is 80.2 cm³/mol. The fourth-order valence-corrected chi connectivity index (χ4v) is 4.18. The van der Waals surface area contributed by atoms with Gasteiger partial charge in [0.2, 0.25) is 5.91 Å². The van der Waals surface area contributed by atoms with Crippen LogP contribution >= 0.6 is 0 Å². The maximum Gasteiger partial charge on any atom is 0.223 e. The minimum atomic E-state index is 0.123. The molecule has 0 aromatic rings. The monoisotopic (exact) mass is 296 g/mol. The van der Waals surface area contributed by atoms with Crippen molar-refractivity contribution >= 4 is 5.91 Å². The van der Waals surface area contributed by atoms with Crippen molar-refractivity contribution in [2.45, 2.75) is 37.6 Å². The molecular formula is C16H28N2O3. The second kappa shape index (κ2) is 6.63. The number of carbonyl (C=O) groups excluding carboxylic acids is 1. The molecule has 21 heavy (non-hydrogen) atoms. The van der Waals surface area contributed by atoms with Gasteiger partial charge in [-0.3, -0.25) is 4.79 Å². The van der Waals surface area contributed by atoms with Crippen LogP contribution in [0.4, 0.5) is 0 Å². The van der Waals surface area contributed by atoms with Crippen LogP contribution in [-0.2, 0) is 14.3 Å². The minimum Gasteiger partial charge on any atom is -0.383 e. The highest BCUT2D eigenvalue weighted by molar-refractivity contribution is 5.79. The number of methoxy groups -OCH3 is 1. The summed E-state index contributed by atoms with van der Waals surface area (Å²) >= 11 is 0. The third kappa shape index (κ3) is 3.25. The number of rotatable bonds is 5. The van der Waals surface area contributed by atoms with Crippen LogP contribution < -0.4 is 0 Å². The molecule has 120 valence electrons. The Labute approximate surface area is 127 Å². The molecule has 0 N–H and O–H groups in total. The van der Waals surface area contributed by atoms with E-state index in [-0.39, 0.29) is 5.54 Å². The van der Waals surface area contributed by atoms with Crippen molar-refractivity contribution in [2.75, 3.05) is 53.1 Å². The number of hydrogen-bond acceptors (Lipinski definition) is 4. The van der Waals surface area contributed by atoms with E-state index in [4.69, 9.17) is 9.47 Å². The topological polar surface area (TPSA) is 42.0 Å². The van der Waals surface area contributed by atoms with Crippen molar-refractivity contribution in [3.8, 4) is 0 Å². The summed E-state index contributed by atoms with van der Waals surface area (Å²) in [4.78, 5) is 16.8. The van der Waals surface area contributed by atoms with E-state index in [0.717, 1.165) is 58.5 Å². The van der Waals surface area contributed by atoms with Gasteiger partial charge in [0.1, 0.15) is 0 Å². The average molecular weight is 296 g/mol. The second-order valence-electron chi connectivity index (χ2n) is 6.79. The Hall–Kier alpha value is -0.650. The third-order valence-corrected chi connectivity index (χ3v) is 5.52. The molecule has 1 atom stereocenters. The first-order chi connectivity index (χ1) is 10.2. The molecule has 0 aromatic carbocycles. The lowest BCUT2D eigenvalue weighted by molar-refractivity contribution is -0.133. The fraction of sp³-hybridized carbons (Fsp3) is 0.938. The standard InChI is InChI=1S/C16H28N2O3/c1-20-11-9-18-15(19)2-4-16(18)5-7-17(8-6-16)12-14-3-10-21-13-14/h14H,2-13H2,1H3. The third-order valence-electron chi connectivity index (χ3n) is 5.52. The van der Waals surface area contributed by atoms with Gasteiger partial charge in [-0.15, -0.1) is 0 Å². The lowest BCUT2D eigenvalue weighted by Crippen LogP contribution is -2.54. The van der Waals surface area contributed by atoms with Crippen LogP contribution in [0, 0.1) is 5.92 Å². The van der Waals surface area contributed by atoms with Crippen LogP contribution in [-0.4, -0.2) is 74.4 Å². The van der Waals surface area contributed by atoms with Crippen LogP contribution in [0.1, 0.15) is 32.1 Å². The summed E-state index contributed by atoms with van der Waals surface area (Å²) in [7, 11) is 1.71. The van der Waals surface area contributed by atoms with E-state index in [1.807, 2.05) is 0 Å². The summed E-state index contributed by atoms with van der Waals surface area (Å²) in [6.45, 7) is 6.67. The Balaban J connectivity index is 1.54. The molecule has 3 rings (SSSR count). The lowest BCUT2D eigenvalue weighted by Gasteiger charge is -2.45. The van der Waals surface area contributed by atoms with Crippen LogP contribution in [0.25, 0.3) is 0 Å². The van der Waals surface area contributed by atoms with Crippen molar-refractivity contribution < 1.29 is 14.3 Å². The number of likely N-dealkylation sites (tertiary alicyclic amines) is 2. The number of carbonyl (C=O) groups is 1. The Kier molecular flexibility index (Phi) is 4.82. The average Bonchev–Trinajstić information content (AvgIpc) is 3.10. The summed E-state index contributed by atoms with van der Waals surface area (Å²) in [6, 6.07) is 0. The molecule has 5 nitrogen and oxygen atoms in total. The molecule has 0 aromatic heterocycles. The highest BCUT2D eigenvalue weighted by Crippen LogP contribution is 2.39. The molecule has 3 heterocycles. The second-order valence-corrected chi connectivity index (χ2v) is 6.79. The molecule has 1 amide bonds. The zero-order chi connectivity index (χ0) is 14.7. The Bertz CT molecular complexity index is 361. The molecule has 3 saturated heterocycles. The fourth-order valence-electron chi connectivity index (χ4n) is 4.18. The summed E-state index contributed by atoms with van der Waals surface area (Å²) in [6.07, 6.45) is 5.21. The van der Waals surface area contributed by atoms with Crippen molar-refractivity contribution in [1.82, 2.24) is 9.80 Å². The molecule has 0 saturated carbocycles. The lowest BCUT2D eigenvalue weighted by atomic mass is 9.84. The summed E-state index contributed by atoms with van der Waals surface area (Å²) in [5.41, 5.74) is 0.123. The minimum absolute atomic E-state index is 0.123. The first-order valence-corrected chi connectivity index (χ1v) is 8.33. The van der Waals surface area contributed by atoms with Crippen molar-refractivity contribution in [1.29, 1.82) is 0 Å². The van der Waals surface area contributed by atoms with Crippen molar-refractivity contribution in [2.24, 2.45) is 5.92 Å². The van der Waals surface area contributed by atoms with Gasteiger partial charge in [0.25, 0.3) is 0 Å². The van der Waals surface area contributed by atoms with Crippen LogP contribution in [0.3, 0.4) is 0 Å². The quantitative estimate of drug-likeness (QED) is 0.762. The zero-order valence-corrected chi connectivity index (χ0v) is 13.2. The Morgan fingerprint density at radius 3 is 2.81 bits per heavy atom. The van der Waals surface area contributed by atoms with Crippen LogP contribution in [0.5, 0.6) is 0 Å². The van der Waals surface area contributed by atoms with E-state index in [0.29, 0.717) is 18.4 Å². The van der Waals surface area contributed by atoms with Gasteiger partial charge < -0.3 is 19.3 Å². The molecule has 5 heteroatoms. The maximum absolute atomic E-state index is 12.2. The SMILES string of the molecule is COCCN1C(=O)CCC12CCN(CC1CCOC1)CC2. The zero-order valence-electron chi connectivity index (χ0n) is 13.2. The molecule has 0 aliphatic carbocycles. The van der Waals surface area contributed by atoms with Gasteiger partial charge in [-0.1, -0.05) is 0 Å². The number of piperidine rings is 1. The van der Waals surface area contributed by atoms with Crippen LogP contribution in [0.15, 0.2) is 0 Å². The van der Waals surface area contributed by atoms with E-state index in [1.54, 1.807) is 7.11 Å². The maximum atomic E-state index is 12.2. The number of hydrogen-bond donors (Lipinski definition) is 0. The van der Waals surface area contributed by atoms with Gasteiger partial charge in [-0.05, 0) is 31.6 Å². The van der Waals surface area contributed by atoms with E-state index in [2.05, 4.69) is 9.80 Å². The number of nitrogens with zero attached hydrogens (tertiary/aromatic N) is 2. The summed E-state index contributed by atoms with van der Waals surface area (Å²) in [5.74, 6) is 1.04. The van der Waals surface area contributed by atoms with Crippen molar-refractivity contribution in [3.63, 3.8) is 0 Å². The molecular weight excluding hydrogens is 268 g/mol. The van der Waals surface area contributed by atoms with Gasteiger partial charge >= 0.3 is 0 Å². The Morgan fingerprint density at radius 1 is 1.33 bits per heavy atom. The Morgan fingerprint density at radius 2 is 2.14 bits per heavy atom. The van der Waals surface area contributed by atoms with Crippen molar-refractivity contribution in [3.05, 3.63) is 0 Å². The molecule has 3 aliphatic rings. The molecule has 0 radical (unpaired) electrons.